The first kappa shape index (κ1) is 10.7. The molecule has 0 radical (unpaired) electrons. The first-order valence-corrected chi connectivity index (χ1v) is 5.62. The van der Waals surface area contributed by atoms with E-state index in [1.807, 2.05) is 18.7 Å². The van der Waals surface area contributed by atoms with Crippen LogP contribution in [0.25, 0.3) is 0 Å². The molecule has 0 heterocycles. The Kier molecular flexibility index (Phi) is 3.44. The normalized spacial score (nSPS) is 22.8. The van der Waals surface area contributed by atoms with Gasteiger partial charge in [-0.2, -0.15) is 11.8 Å². The summed E-state index contributed by atoms with van der Waals surface area (Å²) in [6.07, 6.45) is 4.66. The number of nitrogens with two attached hydrogens (primary N) is 1. The second-order valence-corrected chi connectivity index (χ2v) is 4.79. The number of thioether (sulfide) groups is 1. The van der Waals surface area contributed by atoms with E-state index in [2.05, 4.69) is 16.7 Å². The van der Waals surface area contributed by atoms with Crippen molar-refractivity contribution >= 4 is 17.6 Å². The molecule has 0 aliphatic heterocycles. The van der Waals surface area contributed by atoms with Gasteiger partial charge in [0.1, 0.15) is 0 Å². The maximum atomic E-state index is 8.43. The number of rotatable bonds is 5. The molecule has 0 amide bonds. The average Bonchev–Trinajstić information content (AvgIpc) is 2.93. The van der Waals surface area contributed by atoms with Crippen LogP contribution in [0.4, 0.5) is 0 Å². The molecule has 0 aromatic heterocycles. The number of nitrogens with one attached hydrogen (secondary N) is 1. The van der Waals surface area contributed by atoms with Gasteiger partial charge in [-0.3, -0.25) is 0 Å². The van der Waals surface area contributed by atoms with Crippen molar-refractivity contribution in [3.63, 3.8) is 0 Å². The Morgan fingerprint density at radius 2 is 2.38 bits per heavy atom. The number of oxime groups is 1. The zero-order chi connectivity index (χ0) is 9.90. The Balaban J connectivity index is 2.26. The van der Waals surface area contributed by atoms with Crippen molar-refractivity contribution < 1.29 is 5.21 Å². The van der Waals surface area contributed by atoms with E-state index in [-0.39, 0.29) is 11.9 Å². The molecule has 76 valence electrons. The van der Waals surface area contributed by atoms with Crippen LogP contribution in [0, 0.1) is 0 Å². The van der Waals surface area contributed by atoms with Crippen molar-refractivity contribution in [3.05, 3.63) is 0 Å². The van der Waals surface area contributed by atoms with Crippen LogP contribution in [0.5, 0.6) is 0 Å². The Bertz CT molecular complexity index is 204. The summed E-state index contributed by atoms with van der Waals surface area (Å²) < 4.78 is 0.421. The third-order valence-electron chi connectivity index (χ3n) is 2.53. The van der Waals surface area contributed by atoms with Crippen molar-refractivity contribution in [1.82, 2.24) is 5.32 Å². The molecule has 0 bridgehead atoms. The minimum atomic E-state index is -0.0466. The summed E-state index contributed by atoms with van der Waals surface area (Å²) in [6.45, 7) is 2.83. The lowest BCUT2D eigenvalue weighted by Gasteiger charge is -2.17. The van der Waals surface area contributed by atoms with Gasteiger partial charge < -0.3 is 16.3 Å². The van der Waals surface area contributed by atoms with Crippen LogP contribution in [-0.2, 0) is 0 Å². The third-order valence-corrected chi connectivity index (χ3v) is 3.95. The summed E-state index contributed by atoms with van der Waals surface area (Å²) in [5.41, 5.74) is 5.44. The number of hydrogen-bond acceptors (Lipinski definition) is 4. The fourth-order valence-electron chi connectivity index (χ4n) is 1.12. The van der Waals surface area contributed by atoms with Crippen LogP contribution in [0.2, 0.25) is 0 Å². The van der Waals surface area contributed by atoms with Crippen LogP contribution in [0.1, 0.15) is 19.8 Å². The summed E-state index contributed by atoms with van der Waals surface area (Å²) in [5.74, 6) is 0.247. The van der Waals surface area contributed by atoms with E-state index in [0.717, 1.165) is 6.54 Å². The van der Waals surface area contributed by atoms with E-state index in [9.17, 15) is 0 Å². The largest absolute Gasteiger partial charge is 0.409 e. The van der Waals surface area contributed by atoms with Crippen molar-refractivity contribution in [2.45, 2.75) is 30.6 Å². The van der Waals surface area contributed by atoms with Gasteiger partial charge in [-0.25, -0.2) is 0 Å². The molecule has 0 saturated heterocycles. The predicted octanol–water partition coefficient (Wildman–Crippen LogP) is 0.607. The summed E-state index contributed by atoms with van der Waals surface area (Å²) in [6, 6.07) is -0.0466. The molecular weight excluding hydrogens is 186 g/mol. The van der Waals surface area contributed by atoms with E-state index in [4.69, 9.17) is 10.9 Å². The second kappa shape index (κ2) is 4.19. The Hall–Kier alpha value is -0.420. The van der Waals surface area contributed by atoms with Crippen LogP contribution in [0.15, 0.2) is 5.16 Å². The molecule has 1 unspecified atom stereocenters. The minimum absolute atomic E-state index is 0.0466. The average molecular weight is 203 g/mol. The maximum absolute atomic E-state index is 8.43. The highest BCUT2D eigenvalue weighted by atomic mass is 32.2. The fraction of sp³-hybridized carbons (Fsp3) is 0.875. The van der Waals surface area contributed by atoms with Gasteiger partial charge in [-0.15, -0.1) is 0 Å². The number of amidine groups is 1. The lowest BCUT2D eigenvalue weighted by atomic mass is 10.3. The zero-order valence-electron chi connectivity index (χ0n) is 8.08. The van der Waals surface area contributed by atoms with E-state index >= 15 is 0 Å². The molecule has 4 N–H and O–H groups in total. The molecule has 5 heteroatoms. The van der Waals surface area contributed by atoms with Crippen molar-refractivity contribution in [2.24, 2.45) is 10.9 Å². The van der Waals surface area contributed by atoms with Gasteiger partial charge in [0.15, 0.2) is 5.84 Å². The van der Waals surface area contributed by atoms with Crippen LogP contribution in [0.3, 0.4) is 0 Å². The van der Waals surface area contributed by atoms with E-state index < -0.39 is 0 Å². The molecule has 1 aliphatic rings. The van der Waals surface area contributed by atoms with E-state index in [0.29, 0.717) is 4.75 Å². The van der Waals surface area contributed by atoms with Crippen molar-refractivity contribution in [1.29, 1.82) is 0 Å². The molecule has 0 spiro atoms. The highest BCUT2D eigenvalue weighted by molar-refractivity contribution is 8.00. The third kappa shape index (κ3) is 2.77. The topological polar surface area (TPSA) is 70.6 Å². The summed E-state index contributed by atoms with van der Waals surface area (Å²) in [4.78, 5) is 0. The SMILES string of the molecule is CSC1(CNC(C)C(N)=NO)CC1. The standard InChI is InChI=1S/C8H17N3OS/c1-6(7(9)11-12)10-5-8(13-2)3-4-8/h6,10,12H,3-5H2,1-2H3,(H2,9,11). The van der Waals surface area contributed by atoms with Crippen LogP contribution < -0.4 is 11.1 Å². The lowest BCUT2D eigenvalue weighted by molar-refractivity contribution is 0.315. The van der Waals surface area contributed by atoms with Crippen LogP contribution >= 0.6 is 11.8 Å². The maximum Gasteiger partial charge on any atom is 0.156 e. The zero-order valence-corrected chi connectivity index (χ0v) is 8.90. The van der Waals surface area contributed by atoms with Gasteiger partial charge in [0, 0.05) is 11.3 Å². The van der Waals surface area contributed by atoms with E-state index in [1.54, 1.807) is 0 Å². The van der Waals surface area contributed by atoms with Gasteiger partial charge >= 0.3 is 0 Å². The molecule has 1 fully saturated rings. The van der Waals surface area contributed by atoms with Gasteiger partial charge in [-0.1, -0.05) is 5.16 Å². The first-order valence-electron chi connectivity index (χ1n) is 4.39. The van der Waals surface area contributed by atoms with E-state index in [1.165, 1.54) is 12.8 Å². The lowest BCUT2D eigenvalue weighted by Crippen LogP contribution is -2.42. The second-order valence-electron chi connectivity index (χ2n) is 3.51. The highest BCUT2D eigenvalue weighted by Crippen LogP contribution is 2.46. The minimum Gasteiger partial charge on any atom is -0.409 e. The smallest absolute Gasteiger partial charge is 0.156 e. The number of nitrogens with zero attached hydrogens (tertiary/aromatic N) is 1. The van der Waals surface area contributed by atoms with Gasteiger partial charge in [-0.05, 0) is 26.0 Å². The summed E-state index contributed by atoms with van der Waals surface area (Å²) >= 11 is 1.89. The molecule has 1 rings (SSSR count). The Morgan fingerprint density at radius 3 is 2.77 bits per heavy atom. The van der Waals surface area contributed by atoms with Gasteiger partial charge in [0.2, 0.25) is 0 Å². The Labute approximate surface area is 82.9 Å². The van der Waals surface area contributed by atoms with Crippen molar-refractivity contribution in [2.75, 3.05) is 12.8 Å². The molecule has 0 aromatic rings. The molecule has 1 atom stereocenters. The monoisotopic (exact) mass is 203 g/mol. The predicted molar refractivity (Wildman–Crippen MR) is 56.4 cm³/mol. The first-order chi connectivity index (χ1) is 6.13. The quantitative estimate of drug-likeness (QED) is 0.265. The number of hydrogen-bond donors (Lipinski definition) is 3. The molecular formula is C8H17N3OS. The molecule has 4 nitrogen and oxygen atoms in total. The van der Waals surface area contributed by atoms with Gasteiger partial charge in [0.05, 0.1) is 6.04 Å². The molecule has 1 saturated carbocycles. The summed E-state index contributed by atoms with van der Waals surface area (Å²) in [7, 11) is 0. The molecule has 13 heavy (non-hydrogen) atoms. The Morgan fingerprint density at radius 1 is 1.77 bits per heavy atom. The molecule has 0 aromatic carbocycles. The highest BCUT2D eigenvalue weighted by Gasteiger charge is 2.41. The van der Waals surface area contributed by atoms with Gasteiger partial charge in [0.25, 0.3) is 0 Å². The van der Waals surface area contributed by atoms with Crippen LogP contribution in [-0.4, -0.2) is 34.6 Å². The summed E-state index contributed by atoms with van der Waals surface area (Å²) in [5, 5.41) is 14.6. The fourth-order valence-corrected chi connectivity index (χ4v) is 1.86. The molecule has 1 aliphatic carbocycles. The van der Waals surface area contributed by atoms with Crippen molar-refractivity contribution in [3.8, 4) is 0 Å².